The summed E-state index contributed by atoms with van der Waals surface area (Å²) in [6.45, 7) is 4.79. The lowest BCUT2D eigenvalue weighted by molar-refractivity contribution is -0.116. The number of nitrogens with one attached hydrogen (secondary N) is 1. The average Bonchev–Trinajstić information content (AvgIpc) is 3.44. The van der Waals surface area contributed by atoms with Gasteiger partial charge in [0.05, 0.1) is 19.9 Å². The first-order valence-electron chi connectivity index (χ1n) is 10.3. The summed E-state index contributed by atoms with van der Waals surface area (Å²) in [7, 11) is 1.60. The van der Waals surface area contributed by atoms with E-state index in [9.17, 15) is 4.79 Å². The van der Waals surface area contributed by atoms with Crippen LogP contribution in [0.3, 0.4) is 0 Å². The second kappa shape index (κ2) is 8.30. The van der Waals surface area contributed by atoms with E-state index < -0.39 is 0 Å². The molecule has 3 heterocycles. The van der Waals surface area contributed by atoms with Crippen LogP contribution in [0.1, 0.15) is 29.0 Å². The molecule has 0 aliphatic carbocycles. The molecule has 32 heavy (non-hydrogen) atoms. The van der Waals surface area contributed by atoms with Crippen molar-refractivity contribution < 1.29 is 23.7 Å². The number of fused-ring (bicyclic) bond motifs is 2. The van der Waals surface area contributed by atoms with Crippen molar-refractivity contribution in [1.29, 1.82) is 0 Å². The van der Waals surface area contributed by atoms with Gasteiger partial charge in [0.25, 0.3) is 0 Å². The van der Waals surface area contributed by atoms with Crippen molar-refractivity contribution in [2.75, 3.05) is 25.8 Å². The van der Waals surface area contributed by atoms with Gasteiger partial charge in [0.2, 0.25) is 12.7 Å². The highest BCUT2D eigenvalue weighted by atomic mass is 16.7. The van der Waals surface area contributed by atoms with Gasteiger partial charge in [-0.15, -0.1) is 0 Å². The van der Waals surface area contributed by atoms with Crippen molar-refractivity contribution in [3.63, 3.8) is 0 Å². The molecule has 0 saturated heterocycles. The van der Waals surface area contributed by atoms with Crippen molar-refractivity contribution in [1.82, 2.24) is 9.78 Å². The van der Waals surface area contributed by atoms with E-state index in [2.05, 4.69) is 17.0 Å². The van der Waals surface area contributed by atoms with Gasteiger partial charge in [-0.25, -0.2) is 4.68 Å². The number of ether oxygens (including phenoxy) is 4. The predicted molar refractivity (Wildman–Crippen MR) is 118 cm³/mol. The summed E-state index contributed by atoms with van der Waals surface area (Å²) < 4.78 is 23.8. The normalized spacial score (nSPS) is 16.3. The molecule has 0 unspecified atom stereocenters. The van der Waals surface area contributed by atoms with E-state index in [1.807, 2.05) is 42.6 Å². The van der Waals surface area contributed by atoms with Crippen LogP contribution in [0, 0.1) is 0 Å². The maximum atomic E-state index is 12.6. The molecule has 5 rings (SSSR count). The highest BCUT2D eigenvalue weighted by molar-refractivity contribution is 5.94. The summed E-state index contributed by atoms with van der Waals surface area (Å²) in [4.78, 5) is 12.6. The number of aromatic nitrogens is 2. The highest BCUT2D eigenvalue weighted by Crippen LogP contribution is 2.40. The van der Waals surface area contributed by atoms with Gasteiger partial charge >= 0.3 is 0 Å². The van der Waals surface area contributed by atoms with E-state index in [1.54, 1.807) is 17.9 Å². The highest BCUT2D eigenvalue weighted by Gasteiger charge is 2.30. The van der Waals surface area contributed by atoms with Gasteiger partial charge < -0.3 is 24.3 Å². The van der Waals surface area contributed by atoms with E-state index in [0.717, 1.165) is 28.2 Å². The van der Waals surface area contributed by atoms with E-state index in [4.69, 9.17) is 18.9 Å². The lowest BCUT2D eigenvalue weighted by Crippen LogP contribution is -2.25. The lowest BCUT2D eigenvalue weighted by Gasteiger charge is -2.24. The number of hydrogen-bond donors (Lipinski definition) is 1. The van der Waals surface area contributed by atoms with Crippen molar-refractivity contribution in [2.24, 2.45) is 0 Å². The molecule has 8 heteroatoms. The Balaban J connectivity index is 1.45. The number of carbonyl (C=O) groups is 1. The zero-order valence-electron chi connectivity index (χ0n) is 17.7. The predicted octanol–water partition coefficient (Wildman–Crippen LogP) is 3.71. The van der Waals surface area contributed by atoms with Crippen LogP contribution in [0.25, 0.3) is 0 Å². The number of amides is 1. The Morgan fingerprint density at radius 3 is 2.94 bits per heavy atom. The first kappa shape index (κ1) is 20.0. The molecule has 3 aromatic rings. The summed E-state index contributed by atoms with van der Waals surface area (Å²) >= 11 is 0. The van der Waals surface area contributed by atoms with E-state index in [-0.39, 0.29) is 18.6 Å². The Morgan fingerprint density at radius 2 is 2.09 bits per heavy atom. The van der Waals surface area contributed by atoms with Gasteiger partial charge in [0, 0.05) is 17.9 Å². The van der Waals surface area contributed by atoms with E-state index >= 15 is 0 Å². The van der Waals surface area contributed by atoms with Crippen molar-refractivity contribution in [3.05, 3.63) is 71.9 Å². The van der Waals surface area contributed by atoms with Gasteiger partial charge in [-0.2, -0.15) is 5.10 Å². The summed E-state index contributed by atoms with van der Waals surface area (Å²) in [5.74, 6) is 3.22. The molecule has 0 radical (unpaired) electrons. The SMILES string of the molecule is C=CCOc1ccc([C@@H]2CC(=O)Nc3c2cnn3Cc2ccc3c(c2)OCO3)cc1OC. The number of nitrogens with zero attached hydrogens (tertiary/aromatic N) is 2. The Morgan fingerprint density at radius 1 is 1.22 bits per heavy atom. The van der Waals surface area contributed by atoms with Crippen LogP contribution in [0.15, 0.2) is 55.3 Å². The summed E-state index contributed by atoms with van der Waals surface area (Å²) in [5, 5.41) is 7.55. The number of benzene rings is 2. The first-order valence-corrected chi connectivity index (χ1v) is 10.3. The maximum absolute atomic E-state index is 12.6. The summed E-state index contributed by atoms with van der Waals surface area (Å²) in [6.07, 6.45) is 3.83. The Hall–Kier alpha value is -3.94. The van der Waals surface area contributed by atoms with Crippen LogP contribution in [0.4, 0.5) is 5.82 Å². The number of hydrogen-bond acceptors (Lipinski definition) is 6. The third-order valence-electron chi connectivity index (χ3n) is 5.61. The second-order valence-corrected chi connectivity index (χ2v) is 7.61. The van der Waals surface area contributed by atoms with Crippen molar-refractivity contribution in [3.8, 4) is 23.0 Å². The summed E-state index contributed by atoms with van der Waals surface area (Å²) in [5.41, 5.74) is 2.93. The molecule has 0 bridgehead atoms. The molecule has 1 N–H and O–H groups in total. The van der Waals surface area contributed by atoms with Gasteiger partial charge in [-0.05, 0) is 35.4 Å². The van der Waals surface area contributed by atoms with Crippen LogP contribution in [0.5, 0.6) is 23.0 Å². The quantitative estimate of drug-likeness (QED) is 0.572. The van der Waals surface area contributed by atoms with Gasteiger partial charge in [0.1, 0.15) is 12.4 Å². The molecular formula is C24H23N3O5. The fourth-order valence-electron chi connectivity index (χ4n) is 4.07. The lowest BCUT2D eigenvalue weighted by atomic mass is 9.87. The fourth-order valence-corrected chi connectivity index (χ4v) is 4.07. The topological polar surface area (TPSA) is 83.8 Å². The van der Waals surface area contributed by atoms with E-state index in [0.29, 0.717) is 36.9 Å². The van der Waals surface area contributed by atoms with Crippen molar-refractivity contribution in [2.45, 2.75) is 18.9 Å². The van der Waals surface area contributed by atoms with Crippen molar-refractivity contribution >= 4 is 11.7 Å². The molecule has 2 aromatic carbocycles. The largest absolute Gasteiger partial charge is 0.493 e. The Kier molecular flexibility index (Phi) is 5.18. The van der Waals surface area contributed by atoms with Gasteiger partial charge in [0.15, 0.2) is 23.0 Å². The van der Waals surface area contributed by atoms with E-state index in [1.165, 1.54) is 0 Å². The van der Waals surface area contributed by atoms with Gasteiger partial charge in [-0.3, -0.25) is 4.79 Å². The van der Waals surface area contributed by atoms with Gasteiger partial charge in [-0.1, -0.05) is 24.8 Å². The molecule has 0 saturated carbocycles. The molecule has 1 aromatic heterocycles. The minimum Gasteiger partial charge on any atom is -0.493 e. The molecular weight excluding hydrogens is 410 g/mol. The maximum Gasteiger partial charge on any atom is 0.231 e. The second-order valence-electron chi connectivity index (χ2n) is 7.61. The first-order chi connectivity index (χ1) is 15.7. The number of methoxy groups -OCH3 is 1. The third kappa shape index (κ3) is 3.64. The molecule has 8 nitrogen and oxygen atoms in total. The minimum atomic E-state index is -0.133. The molecule has 1 atom stereocenters. The number of carbonyl (C=O) groups excluding carboxylic acids is 1. The number of anilines is 1. The molecule has 2 aliphatic rings. The van der Waals surface area contributed by atoms with Crippen LogP contribution >= 0.6 is 0 Å². The fraction of sp³-hybridized carbons (Fsp3) is 0.250. The molecule has 1 amide bonds. The average molecular weight is 433 g/mol. The zero-order valence-corrected chi connectivity index (χ0v) is 17.7. The van der Waals surface area contributed by atoms with Crippen LogP contribution in [-0.4, -0.2) is 36.2 Å². The molecule has 2 aliphatic heterocycles. The third-order valence-corrected chi connectivity index (χ3v) is 5.61. The van der Waals surface area contributed by atoms with Crippen LogP contribution in [-0.2, 0) is 11.3 Å². The Labute approximate surface area is 185 Å². The van der Waals surface area contributed by atoms with Crippen LogP contribution < -0.4 is 24.3 Å². The molecule has 164 valence electrons. The Bertz CT molecular complexity index is 1190. The minimum absolute atomic E-state index is 0.0547. The molecule has 0 spiro atoms. The standard InChI is InChI=1S/C24H23N3O5/c1-3-8-30-19-7-5-16(10-21(19)29-2)17-11-23(28)26-24-18(17)12-25-27(24)13-15-4-6-20-22(9-15)32-14-31-20/h3-7,9-10,12,17H,1,8,11,13-14H2,2H3,(H,26,28)/t17-/m0/s1. The smallest absolute Gasteiger partial charge is 0.231 e. The monoisotopic (exact) mass is 433 g/mol. The zero-order chi connectivity index (χ0) is 22.1. The number of rotatable bonds is 7. The van der Waals surface area contributed by atoms with Crippen LogP contribution in [0.2, 0.25) is 0 Å². The summed E-state index contributed by atoms with van der Waals surface area (Å²) in [6, 6.07) is 11.5. The molecule has 0 fully saturated rings.